The quantitative estimate of drug-likeness (QED) is 0.148. The van der Waals surface area contributed by atoms with E-state index in [0.717, 1.165) is 80.3 Å². The molecular weight excluding hydrogens is 1070 g/mol. The van der Waals surface area contributed by atoms with Crippen LogP contribution in [0, 0.1) is 0 Å². The lowest BCUT2D eigenvalue weighted by atomic mass is 9.33. The zero-order valence-electron chi connectivity index (χ0n) is 55.4. The molecule has 1 aliphatic carbocycles. The number of anilines is 11. The number of hydrogen-bond donors (Lipinski definition) is 0. The van der Waals surface area contributed by atoms with Gasteiger partial charge < -0.3 is 24.0 Å². The van der Waals surface area contributed by atoms with Crippen LogP contribution in [-0.4, -0.2) is 12.3 Å². The van der Waals surface area contributed by atoms with E-state index >= 15 is 0 Å². The highest BCUT2D eigenvalue weighted by Crippen LogP contribution is 2.63. The Kier molecular flexibility index (Phi) is 13.0. The fourth-order valence-corrected chi connectivity index (χ4v) is 15.5. The van der Waals surface area contributed by atoms with Crippen LogP contribution in [0.2, 0.25) is 0 Å². The summed E-state index contributed by atoms with van der Waals surface area (Å²) in [5.41, 5.74) is 26.4. The van der Waals surface area contributed by atoms with Gasteiger partial charge in [0.2, 0.25) is 0 Å². The van der Waals surface area contributed by atoms with Crippen LogP contribution in [0.1, 0.15) is 177 Å². The molecule has 3 aliphatic heterocycles. The standard InChI is InChI=1S/C82H89BN4O/c1-76(2,3)52-27-35-57(36-28-52)84(58-37-29-53(30-38-58)77(4,5)6)61-43-44-65-68(49-61)86(67-24-22-26-72-73(67)63-23-18-19-25-71(63)88-72)69-50-62(85(59-39-31-54(32-40-59)78(7,8)9)60-41-33-55(34-42-60)79(10,11)12)51-70-74(69)83(65)66-48-56(80(13,14)15)47-64-75(66)87(70)82(17)46-21-20-45-81(64,82)16/h18-19,22-44,47-51H,20-21,45-46H2,1-17H3. The van der Waals surface area contributed by atoms with E-state index in [0.29, 0.717) is 0 Å². The Morgan fingerprint density at radius 2 is 0.852 bits per heavy atom. The summed E-state index contributed by atoms with van der Waals surface area (Å²) < 4.78 is 6.89. The summed E-state index contributed by atoms with van der Waals surface area (Å²) in [7, 11) is 0. The van der Waals surface area contributed by atoms with Crippen molar-refractivity contribution in [1.82, 2.24) is 0 Å². The Balaban J connectivity index is 1.12. The van der Waals surface area contributed by atoms with Gasteiger partial charge in [-0.2, -0.15) is 0 Å². The van der Waals surface area contributed by atoms with Crippen LogP contribution in [0.5, 0.6) is 0 Å². The highest BCUT2D eigenvalue weighted by molar-refractivity contribution is 7.00. The molecule has 2 unspecified atom stereocenters. The van der Waals surface area contributed by atoms with E-state index in [1.165, 1.54) is 79.7 Å². The first-order valence-electron chi connectivity index (χ1n) is 32.6. The van der Waals surface area contributed by atoms with Gasteiger partial charge in [0, 0.05) is 62.0 Å². The van der Waals surface area contributed by atoms with Gasteiger partial charge in [-0.15, -0.1) is 0 Å². The van der Waals surface area contributed by atoms with Crippen molar-refractivity contribution in [3.63, 3.8) is 0 Å². The van der Waals surface area contributed by atoms with Gasteiger partial charge in [-0.1, -0.05) is 215 Å². The molecule has 4 aliphatic rings. The number of para-hydroxylation sites is 1. The minimum atomic E-state index is -0.203. The molecule has 446 valence electrons. The molecule has 1 saturated carbocycles. The maximum Gasteiger partial charge on any atom is 0.252 e. The van der Waals surface area contributed by atoms with Gasteiger partial charge in [0.05, 0.1) is 22.3 Å². The van der Waals surface area contributed by atoms with Crippen molar-refractivity contribution < 1.29 is 4.42 Å². The summed E-state index contributed by atoms with van der Waals surface area (Å²) in [4.78, 5) is 10.6. The van der Waals surface area contributed by atoms with Crippen molar-refractivity contribution in [1.29, 1.82) is 0 Å². The molecule has 9 aromatic carbocycles. The van der Waals surface area contributed by atoms with E-state index in [1.807, 2.05) is 0 Å². The minimum absolute atomic E-state index is 0.00140. The average molecular weight is 1160 g/mol. The van der Waals surface area contributed by atoms with Crippen molar-refractivity contribution >= 4 is 108 Å². The Labute approximate surface area is 525 Å². The van der Waals surface area contributed by atoms with Crippen LogP contribution in [0.25, 0.3) is 21.9 Å². The zero-order chi connectivity index (χ0) is 62.0. The topological polar surface area (TPSA) is 26.1 Å². The Morgan fingerprint density at radius 1 is 0.398 bits per heavy atom. The first kappa shape index (κ1) is 57.8. The number of fused-ring (bicyclic) bond motifs is 10. The molecule has 88 heavy (non-hydrogen) atoms. The van der Waals surface area contributed by atoms with E-state index < -0.39 is 0 Å². The van der Waals surface area contributed by atoms with Crippen LogP contribution >= 0.6 is 0 Å². The highest BCUT2D eigenvalue weighted by Gasteiger charge is 2.62. The lowest BCUT2D eigenvalue weighted by Gasteiger charge is -2.53. The lowest BCUT2D eigenvalue weighted by Crippen LogP contribution is -2.64. The summed E-state index contributed by atoms with van der Waals surface area (Å²) in [6.45, 7) is 40.1. The molecule has 6 heteroatoms. The number of nitrogens with zero attached hydrogens (tertiary/aromatic N) is 4. The maximum atomic E-state index is 6.89. The molecule has 0 spiro atoms. The van der Waals surface area contributed by atoms with Gasteiger partial charge >= 0.3 is 0 Å². The van der Waals surface area contributed by atoms with Crippen molar-refractivity contribution in [3.05, 3.63) is 215 Å². The van der Waals surface area contributed by atoms with Crippen molar-refractivity contribution in [2.45, 2.75) is 181 Å². The summed E-state index contributed by atoms with van der Waals surface area (Å²) in [6, 6.07) is 70.7. The fraction of sp³-hybridized carbons (Fsp3) is 0.341. The molecule has 0 bridgehead atoms. The normalized spacial score (nSPS) is 18.1. The molecule has 2 atom stereocenters. The van der Waals surface area contributed by atoms with Crippen molar-refractivity contribution in [3.8, 4) is 0 Å². The second-order valence-corrected chi connectivity index (χ2v) is 31.9. The molecular formula is C82H89BN4O. The van der Waals surface area contributed by atoms with Crippen LogP contribution in [0.3, 0.4) is 0 Å². The molecule has 10 aromatic rings. The number of benzene rings is 9. The van der Waals surface area contributed by atoms with Gasteiger partial charge in [-0.3, -0.25) is 0 Å². The zero-order valence-corrected chi connectivity index (χ0v) is 55.4. The number of furan rings is 1. The van der Waals surface area contributed by atoms with Gasteiger partial charge in [0.1, 0.15) is 11.2 Å². The first-order chi connectivity index (χ1) is 41.5. The molecule has 0 amide bonds. The van der Waals surface area contributed by atoms with Gasteiger partial charge in [0.15, 0.2) is 0 Å². The summed E-state index contributed by atoms with van der Waals surface area (Å²) >= 11 is 0. The van der Waals surface area contributed by atoms with Gasteiger partial charge in [-0.05, 0) is 188 Å². The molecule has 1 fully saturated rings. The van der Waals surface area contributed by atoms with E-state index in [1.54, 1.807) is 0 Å². The Bertz CT molecular complexity index is 4270. The lowest BCUT2D eigenvalue weighted by molar-refractivity contribution is 0.195. The SMILES string of the molecule is CC(C)(C)c1ccc(N(c2ccc(C(C)(C)C)cc2)c2ccc3c(c2)N(c2cccc4oc5ccccc5c24)c2cc(N(c4ccc(C(C)(C)C)cc4)c4ccc(C(C)(C)C)cc4)cc4c2B3c2cc(C(C)(C)C)cc3c2N4C2(C)CCCCC32C)cc1. The fourth-order valence-electron chi connectivity index (χ4n) is 15.5. The van der Waals surface area contributed by atoms with Crippen LogP contribution in [0.15, 0.2) is 186 Å². The summed E-state index contributed by atoms with van der Waals surface area (Å²) in [5.74, 6) is 0. The Morgan fingerprint density at radius 3 is 1.38 bits per heavy atom. The van der Waals surface area contributed by atoms with Crippen LogP contribution < -0.4 is 36.0 Å². The van der Waals surface area contributed by atoms with E-state index in [-0.39, 0.29) is 44.7 Å². The first-order valence-corrected chi connectivity index (χ1v) is 32.6. The third-order valence-corrected chi connectivity index (χ3v) is 21.0. The van der Waals surface area contributed by atoms with E-state index in [2.05, 4.69) is 319 Å². The van der Waals surface area contributed by atoms with Crippen molar-refractivity contribution in [2.24, 2.45) is 0 Å². The average Bonchev–Trinajstić information content (AvgIpc) is 1.21. The molecule has 0 radical (unpaired) electrons. The second kappa shape index (κ2) is 19.8. The molecule has 14 rings (SSSR count). The maximum absolute atomic E-state index is 6.89. The van der Waals surface area contributed by atoms with Crippen LogP contribution in [0.4, 0.5) is 62.6 Å². The number of rotatable bonds is 7. The second-order valence-electron chi connectivity index (χ2n) is 31.9. The third kappa shape index (κ3) is 9.07. The minimum Gasteiger partial charge on any atom is -0.456 e. The predicted molar refractivity (Wildman–Crippen MR) is 379 cm³/mol. The van der Waals surface area contributed by atoms with Crippen molar-refractivity contribution in [2.75, 3.05) is 19.6 Å². The predicted octanol–water partition coefficient (Wildman–Crippen LogP) is 21.4. The largest absolute Gasteiger partial charge is 0.456 e. The molecule has 4 heterocycles. The van der Waals surface area contributed by atoms with E-state index in [4.69, 9.17) is 4.42 Å². The number of hydrogen-bond acceptors (Lipinski definition) is 5. The summed E-state index contributed by atoms with van der Waals surface area (Å²) in [5, 5.41) is 2.21. The Hall–Kier alpha value is -7.96. The molecule has 0 saturated heterocycles. The molecule has 5 nitrogen and oxygen atoms in total. The van der Waals surface area contributed by atoms with Gasteiger partial charge in [-0.25, -0.2) is 0 Å². The summed E-state index contributed by atoms with van der Waals surface area (Å²) in [6.07, 6.45) is 4.66. The molecule has 0 N–H and O–H groups in total. The van der Waals surface area contributed by atoms with E-state index in [9.17, 15) is 0 Å². The van der Waals surface area contributed by atoms with Crippen LogP contribution in [-0.2, 0) is 32.5 Å². The smallest absolute Gasteiger partial charge is 0.252 e. The highest BCUT2D eigenvalue weighted by atomic mass is 16.3. The third-order valence-electron chi connectivity index (χ3n) is 21.0. The van der Waals surface area contributed by atoms with Gasteiger partial charge in [0.25, 0.3) is 6.71 Å². The monoisotopic (exact) mass is 1160 g/mol. The molecule has 1 aromatic heterocycles.